The molecule has 0 unspecified atom stereocenters. The predicted molar refractivity (Wildman–Crippen MR) is 76.9 cm³/mol. The van der Waals surface area contributed by atoms with Crippen LogP contribution in [0.15, 0.2) is 52.8 Å². The molecule has 6 heteroatoms. The first-order valence-corrected chi connectivity index (χ1v) is 7.71. The molecule has 0 aromatic heterocycles. The van der Waals surface area contributed by atoms with Crippen molar-refractivity contribution in [1.82, 2.24) is 0 Å². The van der Waals surface area contributed by atoms with Gasteiger partial charge < -0.3 is 14.9 Å². The van der Waals surface area contributed by atoms with Crippen LogP contribution in [0.3, 0.4) is 0 Å². The average Bonchev–Trinajstić information content (AvgIpc) is 2.67. The molecule has 0 radical (unpaired) electrons. The van der Waals surface area contributed by atoms with E-state index in [9.17, 15) is 18.6 Å². The Hall–Kier alpha value is -2.47. The van der Waals surface area contributed by atoms with Crippen molar-refractivity contribution in [2.75, 3.05) is 6.61 Å². The molecule has 0 atom stereocenters. The molecule has 0 saturated carbocycles. The average molecular weight is 304 g/mol. The predicted octanol–water partition coefficient (Wildman–Crippen LogP) is 2.31. The fourth-order valence-corrected chi connectivity index (χ4v) is 3.63. The highest BCUT2D eigenvalue weighted by Gasteiger charge is 2.27. The van der Waals surface area contributed by atoms with Gasteiger partial charge in [0.05, 0.1) is 4.90 Å². The Kier molecular flexibility index (Phi) is 3.10. The third-order valence-electron chi connectivity index (χ3n) is 3.12. The summed E-state index contributed by atoms with van der Waals surface area (Å²) in [5, 5.41) is 20.0. The molecule has 2 N–H and O–H groups in total. The fraction of sp³-hybridized carbons (Fsp3) is 0.0667. The summed E-state index contributed by atoms with van der Waals surface area (Å²) >= 11 is 0. The second-order valence-electron chi connectivity index (χ2n) is 4.65. The van der Waals surface area contributed by atoms with Gasteiger partial charge in [0.25, 0.3) is 0 Å². The van der Waals surface area contributed by atoms with Gasteiger partial charge in [0.1, 0.15) is 23.9 Å². The zero-order valence-electron chi connectivity index (χ0n) is 10.9. The third kappa shape index (κ3) is 2.57. The van der Waals surface area contributed by atoms with Crippen LogP contribution in [-0.4, -0.2) is 25.2 Å². The molecule has 5 nitrogen and oxygen atoms in total. The van der Waals surface area contributed by atoms with Crippen molar-refractivity contribution in [3.8, 4) is 17.2 Å². The quantitative estimate of drug-likeness (QED) is 0.909. The summed E-state index contributed by atoms with van der Waals surface area (Å²) in [7, 11) is -3.49. The molecule has 1 heterocycles. The maximum atomic E-state index is 12.0. The van der Waals surface area contributed by atoms with Gasteiger partial charge in [-0.3, -0.25) is 0 Å². The Morgan fingerprint density at radius 1 is 1.00 bits per heavy atom. The number of phenolic OH excluding ortho intramolecular Hbond substituents is 2. The third-order valence-corrected chi connectivity index (χ3v) is 4.69. The lowest BCUT2D eigenvalue weighted by Gasteiger charge is -2.08. The summed E-state index contributed by atoms with van der Waals surface area (Å²) in [5.41, 5.74) is 0.902. The van der Waals surface area contributed by atoms with Crippen molar-refractivity contribution in [1.29, 1.82) is 0 Å². The van der Waals surface area contributed by atoms with Gasteiger partial charge in [0.2, 0.25) is 9.84 Å². The molecule has 0 spiro atoms. The van der Waals surface area contributed by atoms with Gasteiger partial charge in [-0.25, -0.2) is 8.42 Å². The summed E-state index contributed by atoms with van der Waals surface area (Å²) in [6, 6.07) is 10.4. The van der Waals surface area contributed by atoms with Crippen LogP contribution in [0.4, 0.5) is 0 Å². The molecule has 2 aromatic rings. The zero-order chi connectivity index (χ0) is 15.0. The van der Waals surface area contributed by atoms with Crippen LogP contribution in [0.5, 0.6) is 17.2 Å². The molecule has 108 valence electrons. The molecule has 0 aliphatic carbocycles. The van der Waals surface area contributed by atoms with Crippen LogP contribution in [0.25, 0.3) is 5.57 Å². The van der Waals surface area contributed by atoms with Crippen LogP contribution in [-0.2, 0) is 9.84 Å². The molecule has 0 fully saturated rings. The van der Waals surface area contributed by atoms with Gasteiger partial charge in [0, 0.05) is 22.6 Å². The van der Waals surface area contributed by atoms with E-state index in [0.717, 1.165) is 5.41 Å². The van der Waals surface area contributed by atoms with E-state index in [0.29, 0.717) is 16.9 Å². The van der Waals surface area contributed by atoms with E-state index in [2.05, 4.69) is 0 Å². The van der Waals surface area contributed by atoms with E-state index in [-0.39, 0.29) is 23.0 Å². The number of fused-ring (bicyclic) bond motifs is 1. The van der Waals surface area contributed by atoms with Gasteiger partial charge in [-0.05, 0) is 30.3 Å². The van der Waals surface area contributed by atoms with Crippen molar-refractivity contribution in [3.63, 3.8) is 0 Å². The summed E-state index contributed by atoms with van der Waals surface area (Å²) in [5.74, 6) is 0.495. The first-order chi connectivity index (χ1) is 9.95. The van der Waals surface area contributed by atoms with Gasteiger partial charge in [-0.1, -0.05) is 6.07 Å². The number of ether oxygens (including phenoxy) is 1. The molecule has 2 aromatic carbocycles. The molecular formula is C15H12O5S. The molecule has 1 aliphatic heterocycles. The van der Waals surface area contributed by atoms with Crippen LogP contribution >= 0.6 is 0 Å². The van der Waals surface area contributed by atoms with Crippen molar-refractivity contribution >= 4 is 15.4 Å². The lowest BCUT2D eigenvalue weighted by molar-refractivity contribution is 0.366. The van der Waals surface area contributed by atoms with E-state index in [1.807, 2.05) is 0 Å². The van der Waals surface area contributed by atoms with Crippen LogP contribution in [0, 0.1) is 0 Å². The van der Waals surface area contributed by atoms with E-state index in [4.69, 9.17) is 4.74 Å². The maximum absolute atomic E-state index is 12.0. The summed E-state index contributed by atoms with van der Waals surface area (Å²) < 4.78 is 29.5. The monoisotopic (exact) mass is 304 g/mol. The van der Waals surface area contributed by atoms with Gasteiger partial charge in [-0.2, -0.15) is 0 Å². The zero-order valence-corrected chi connectivity index (χ0v) is 11.7. The fourth-order valence-electron chi connectivity index (χ4n) is 2.18. The van der Waals surface area contributed by atoms with Crippen molar-refractivity contribution in [3.05, 3.63) is 53.4 Å². The Morgan fingerprint density at radius 2 is 1.76 bits per heavy atom. The normalized spacial score (nSPS) is 15.3. The van der Waals surface area contributed by atoms with Crippen molar-refractivity contribution in [2.24, 2.45) is 0 Å². The Bertz CT molecular complexity index is 837. The number of phenols is 2. The lowest BCUT2D eigenvalue weighted by Crippen LogP contribution is -1.99. The number of sulfone groups is 1. The minimum Gasteiger partial charge on any atom is -0.508 e. The van der Waals surface area contributed by atoms with Crippen LogP contribution in [0.2, 0.25) is 0 Å². The summed E-state index contributed by atoms with van der Waals surface area (Å²) in [6.07, 6.45) is 0. The molecule has 0 bridgehead atoms. The van der Waals surface area contributed by atoms with Crippen LogP contribution < -0.4 is 4.74 Å². The molecule has 3 rings (SSSR count). The highest BCUT2D eigenvalue weighted by atomic mass is 32.2. The molecular weight excluding hydrogens is 292 g/mol. The summed E-state index contributed by atoms with van der Waals surface area (Å²) in [4.78, 5) is 0.162. The minimum atomic E-state index is -3.49. The van der Waals surface area contributed by atoms with Crippen molar-refractivity contribution < 1.29 is 23.4 Å². The first-order valence-electron chi connectivity index (χ1n) is 6.16. The topological polar surface area (TPSA) is 83.8 Å². The first kappa shape index (κ1) is 13.5. The molecule has 1 aliphatic rings. The number of rotatable bonds is 3. The largest absolute Gasteiger partial charge is 0.508 e. The van der Waals surface area contributed by atoms with Gasteiger partial charge in [0.15, 0.2) is 0 Å². The number of hydrogen-bond donors (Lipinski definition) is 2. The highest BCUT2D eigenvalue weighted by molar-refractivity contribution is 7.95. The number of hydrogen-bond acceptors (Lipinski definition) is 5. The van der Waals surface area contributed by atoms with E-state index < -0.39 is 9.84 Å². The smallest absolute Gasteiger partial charge is 0.200 e. The van der Waals surface area contributed by atoms with E-state index in [1.165, 1.54) is 30.3 Å². The second kappa shape index (κ2) is 4.82. The minimum absolute atomic E-state index is 0.00546. The van der Waals surface area contributed by atoms with E-state index >= 15 is 0 Å². The molecule has 21 heavy (non-hydrogen) atoms. The lowest BCUT2D eigenvalue weighted by atomic mass is 10.1. The SMILES string of the molecule is O=S1(=O)C=C(COc2cccc(O)c2)c2cc(O)ccc21. The van der Waals surface area contributed by atoms with Gasteiger partial charge in [-0.15, -0.1) is 0 Å². The van der Waals surface area contributed by atoms with Crippen LogP contribution in [0.1, 0.15) is 5.56 Å². The number of benzene rings is 2. The molecule has 0 amide bonds. The second-order valence-corrected chi connectivity index (χ2v) is 6.42. The van der Waals surface area contributed by atoms with Gasteiger partial charge >= 0.3 is 0 Å². The Balaban J connectivity index is 1.89. The Labute approximate surface area is 121 Å². The van der Waals surface area contributed by atoms with E-state index in [1.54, 1.807) is 12.1 Å². The summed E-state index contributed by atoms with van der Waals surface area (Å²) in [6.45, 7) is 0.0269. The van der Waals surface area contributed by atoms with Crippen molar-refractivity contribution in [2.45, 2.75) is 4.90 Å². The highest BCUT2D eigenvalue weighted by Crippen LogP contribution is 2.35. The standard InChI is InChI=1S/C15H12O5S/c16-11-2-1-3-13(6-11)20-8-10-9-21(18,19)15-5-4-12(17)7-14(10)15/h1-7,9,16-17H,8H2. The maximum Gasteiger partial charge on any atom is 0.200 e. The molecule has 0 saturated heterocycles. The number of aromatic hydroxyl groups is 2. The Morgan fingerprint density at radius 3 is 2.52 bits per heavy atom.